The molecule has 3 N–H and O–H groups in total. The zero-order valence-electron chi connectivity index (χ0n) is 20.1. The molecular formula is C28H35N3O4. The largest absolute Gasteiger partial charge is 0.445 e. The number of nitrogens with zero attached hydrogens (tertiary/aromatic N) is 2. The van der Waals surface area contributed by atoms with Crippen LogP contribution in [0.15, 0.2) is 60.8 Å². The number of rotatable bonds is 6. The molecule has 0 aliphatic carbocycles. The Morgan fingerprint density at radius 2 is 1.71 bits per heavy atom. The van der Waals surface area contributed by atoms with Gasteiger partial charge in [0.05, 0.1) is 11.7 Å². The molecule has 3 aromatic rings. The van der Waals surface area contributed by atoms with Crippen LogP contribution in [0.1, 0.15) is 42.7 Å². The first-order valence-electron chi connectivity index (χ1n) is 12.7. The summed E-state index contributed by atoms with van der Waals surface area (Å²) < 4.78 is 5.42. The highest BCUT2D eigenvalue weighted by molar-refractivity contribution is 5.83. The van der Waals surface area contributed by atoms with Crippen LogP contribution in [0.3, 0.4) is 0 Å². The number of carbonyl (C=O) groups is 1. The van der Waals surface area contributed by atoms with Crippen LogP contribution in [-0.2, 0) is 11.3 Å². The topological polar surface area (TPSA) is 89.0 Å². The number of aliphatic hydroxyl groups is 2. The first-order valence-corrected chi connectivity index (χ1v) is 12.7. The Bertz CT molecular complexity index is 1120. The van der Waals surface area contributed by atoms with Crippen molar-refractivity contribution in [2.24, 2.45) is 0 Å². The Labute approximate surface area is 206 Å². The van der Waals surface area contributed by atoms with Crippen LogP contribution in [0, 0.1) is 0 Å². The zero-order chi connectivity index (χ0) is 24.3. The van der Waals surface area contributed by atoms with E-state index in [0.717, 1.165) is 31.5 Å². The number of aromatic amines is 1. The second-order valence-corrected chi connectivity index (χ2v) is 10.0. The van der Waals surface area contributed by atoms with Gasteiger partial charge in [-0.15, -0.1) is 0 Å². The average Bonchev–Trinajstić information content (AvgIpc) is 3.33. The minimum absolute atomic E-state index is 0.234. The number of nitrogens with one attached hydrogen (secondary N) is 1. The van der Waals surface area contributed by atoms with E-state index >= 15 is 0 Å². The minimum Gasteiger partial charge on any atom is -0.445 e. The number of hydrogen-bond donors (Lipinski definition) is 3. The molecule has 0 bridgehead atoms. The number of fused-ring (bicyclic) bond motifs is 1. The number of likely N-dealkylation sites (tertiary alicyclic amines) is 2. The van der Waals surface area contributed by atoms with Gasteiger partial charge in [-0.2, -0.15) is 0 Å². The summed E-state index contributed by atoms with van der Waals surface area (Å²) in [5.74, 6) is 0.507. The number of carbonyl (C=O) groups excluding carboxylic acids is 1. The lowest BCUT2D eigenvalue weighted by atomic mass is 9.84. The van der Waals surface area contributed by atoms with Crippen LogP contribution >= 0.6 is 0 Å². The molecule has 0 saturated carbocycles. The molecule has 35 heavy (non-hydrogen) atoms. The summed E-state index contributed by atoms with van der Waals surface area (Å²) in [4.78, 5) is 19.7. The van der Waals surface area contributed by atoms with E-state index in [9.17, 15) is 15.0 Å². The summed E-state index contributed by atoms with van der Waals surface area (Å²) in [5.41, 5.74) is 2.33. The second kappa shape index (κ2) is 10.4. The number of β-amino-alcohol motifs (C(OH)–C–C–N with tert-alkyl or cyclic N) is 1. The quantitative estimate of drug-likeness (QED) is 0.502. The predicted molar refractivity (Wildman–Crippen MR) is 135 cm³/mol. The Morgan fingerprint density at radius 3 is 2.46 bits per heavy atom. The van der Waals surface area contributed by atoms with E-state index < -0.39 is 11.7 Å². The third kappa shape index (κ3) is 5.37. The Hall–Kier alpha value is -2.87. The fourth-order valence-electron chi connectivity index (χ4n) is 5.49. The molecule has 3 heterocycles. The van der Waals surface area contributed by atoms with E-state index in [1.807, 2.05) is 30.3 Å². The number of hydrogen-bond acceptors (Lipinski definition) is 5. The average molecular weight is 478 g/mol. The highest BCUT2D eigenvalue weighted by Gasteiger charge is 2.41. The third-order valence-electron chi connectivity index (χ3n) is 7.79. The van der Waals surface area contributed by atoms with E-state index in [4.69, 9.17) is 4.74 Å². The van der Waals surface area contributed by atoms with Gasteiger partial charge in [-0.3, -0.25) is 0 Å². The maximum Gasteiger partial charge on any atom is 0.410 e. The molecule has 0 radical (unpaired) electrons. The molecule has 1 atom stereocenters. The lowest BCUT2D eigenvalue weighted by molar-refractivity contribution is -0.116. The number of piperidine rings is 2. The van der Waals surface area contributed by atoms with Gasteiger partial charge in [0.1, 0.15) is 6.61 Å². The van der Waals surface area contributed by atoms with Gasteiger partial charge < -0.3 is 29.7 Å². The molecule has 5 rings (SSSR count). The number of aliphatic hydroxyl groups excluding tert-OH is 1. The van der Waals surface area contributed by atoms with Crippen molar-refractivity contribution in [3.8, 4) is 0 Å². The Morgan fingerprint density at radius 1 is 1.03 bits per heavy atom. The smallest absolute Gasteiger partial charge is 0.410 e. The maximum atomic E-state index is 12.4. The van der Waals surface area contributed by atoms with E-state index in [1.165, 1.54) is 16.5 Å². The monoisotopic (exact) mass is 477 g/mol. The number of ether oxygens (including phenoxy) is 1. The van der Waals surface area contributed by atoms with Crippen LogP contribution in [0.2, 0.25) is 0 Å². The van der Waals surface area contributed by atoms with Crippen molar-refractivity contribution in [1.29, 1.82) is 0 Å². The fraction of sp³-hybridized carbons (Fsp3) is 0.464. The van der Waals surface area contributed by atoms with E-state index in [1.54, 1.807) is 4.90 Å². The highest BCUT2D eigenvalue weighted by Crippen LogP contribution is 2.34. The summed E-state index contributed by atoms with van der Waals surface area (Å²) >= 11 is 0. The molecule has 186 valence electrons. The molecule has 2 fully saturated rings. The molecule has 0 spiro atoms. The number of amides is 1. The maximum absolute atomic E-state index is 12.4. The molecule has 1 aromatic heterocycles. The fourth-order valence-corrected chi connectivity index (χ4v) is 5.49. The second-order valence-electron chi connectivity index (χ2n) is 10.0. The molecule has 7 nitrogen and oxygen atoms in total. The van der Waals surface area contributed by atoms with Gasteiger partial charge in [0.15, 0.2) is 0 Å². The molecule has 7 heteroatoms. The van der Waals surface area contributed by atoms with Gasteiger partial charge in [0.2, 0.25) is 0 Å². The Kier molecular flexibility index (Phi) is 7.09. The van der Waals surface area contributed by atoms with Crippen molar-refractivity contribution >= 4 is 17.0 Å². The summed E-state index contributed by atoms with van der Waals surface area (Å²) in [5, 5.41) is 23.4. The zero-order valence-corrected chi connectivity index (χ0v) is 20.1. The summed E-state index contributed by atoms with van der Waals surface area (Å²) in [7, 11) is 0. The highest BCUT2D eigenvalue weighted by atomic mass is 16.6. The van der Waals surface area contributed by atoms with Gasteiger partial charge in [-0.1, -0.05) is 48.5 Å². The van der Waals surface area contributed by atoms with E-state index in [0.29, 0.717) is 38.4 Å². The molecular weight excluding hydrogens is 442 g/mol. The standard InChI is InChI=1S/C28H35N3O4/c32-26(19-30-14-10-22(11-15-30)24-18-29-25-9-5-4-8-23(24)25)28(34)12-16-31(17-13-28)27(33)35-20-21-6-2-1-3-7-21/h1-9,18,22,26,29,32,34H,10-17,19-20H2. The third-order valence-corrected chi connectivity index (χ3v) is 7.79. The van der Waals surface area contributed by atoms with Crippen LogP contribution in [0.25, 0.3) is 10.9 Å². The summed E-state index contributed by atoms with van der Waals surface area (Å²) in [6.45, 7) is 3.24. The molecule has 2 saturated heterocycles. The number of para-hydroxylation sites is 1. The number of benzene rings is 2. The van der Waals surface area contributed by atoms with Crippen LogP contribution < -0.4 is 0 Å². The van der Waals surface area contributed by atoms with Gasteiger partial charge in [0, 0.05) is 36.7 Å². The molecule has 1 amide bonds. The van der Waals surface area contributed by atoms with E-state index in [2.05, 4.69) is 40.3 Å². The predicted octanol–water partition coefficient (Wildman–Crippen LogP) is 3.87. The lowest BCUT2D eigenvalue weighted by Crippen LogP contribution is -2.56. The first kappa shape index (κ1) is 23.9. The molecule has 2 aliphatic rings. The van der Waals surface area contributed by atoms with Gasteiger partial charge >= 0.3 is 6.09 Å². The van der Waals surface area contributed by atoms with Gasteiger partial charge in [-0.05, 0) is 61.9 Å². The SMILES string of the molecule is O=C(OCc1ccccc1)N1CCC(O)(C(O)CN2CCC(c3c[nH]c4ccccc34)CC2)CC1. The van der Waals surface area contributed by atoms with Crippen molar-refractivity contribution < 1.29 is 19.7 Å². The first-order chi connectivity index (χ1) is 17.0. The lowest BCUT2D eigenvalue weighted by Gasteiger charge is -2.42. The van der Waals surface area contributed by atoms with Crippen molar-refractivity contribution in [2.75, 3.05) is 32.7 Å². The van der Waals surface area contributed by atoms with Gasteiger partial charge in [-0.25, -0.2) is 4.79 Å². The molecule has 2 aromatic carbocycles. The number of aromatic nitrogens is 1. The van der Waals surface area contributed by atoms with Crippen LogP contribution in [0.4, 0.5) is 4.79 Å². The van der Waals surface area contributed by atoms with Crippen LogP contribution in [0.5, 0.6) is 0 Å². The molecule has 1 unspecified atom stereocenters. The van der Waals surface area contributed by atoms with Crippen molar-refractivity contribution in [2.45, 2.75) is 49.9 Å². The van der Waals surface area contributed by atoms with E-state index in [-0.39, 0.29) is 12.7 Å². The minimum atomic E-state index is -1.18. The summed E-state index contributed by atoms with van der Waals surface area (Å²) in [6, 6.07) is 18.0. The number of H-pyrrole nitrogens is 1. The van der Waals surface area contributed by atoms with Gasteiger partial charge in [0.25, 0.3) is 0 Å². The normalized spacial score (nSPS) is 20.1. The summed E-state index contributed by atoms with van der Waals surface area (Å²) in [6.07, 6.45) is 3.70. The Balaban J connectivity index is 1.08. The van der Waals surface area contributed by atoms with Crippen molar-refractivity contribution in [1.82, 2.24) is 14.8 Å². The van der Waals surface area contributed by atoms with Crippen molar-refractivity contribution in [3.63, 3.8) is 0 Å². The van der Waals surface area contributed by atoms with Crippen LogP contribution in [-0.4, -0.2) is 75.5 Å². The van der Waals surface area contributed by atoms with Crippen molar-refractivity contribution in [3.05, 3.63) is 71.9 Å². The molecule has 2 aliphatic heterocycles.